The zero-order chi connectivity index (χ0) is 34.9. The van der Waals surface area contributed by atoms with E-state index in [1.165, 1.54) is 62.3 Å². The van der Waals surface area contributed by atoms with Gasteiger partial charge in [0, 0.05) is 16.7 Å². The first-order chi connectivity index (χ1) is 17.7. The molecule has 0 spiro atoms. The van der Waals surface area contributed by atoms with Crippen LogP contribution in [0.1, 0.15) is 118 Å². The molecule has 0 bridgehead atoms. The van der Waals surface area contributed by atoms with Gasteiger partial charge in [0.25, 0.3) is 11.8 Å². The van der Waals surface area contributed by atoms with Crippen molar-refractivity contribution in [3.05, 3.63) is 12.3 Å². The van der Waals surface area contributed by atoms with E-state index in [1.54, 1.807) is 0 Å². The van der Waals surface area contributed by atoms with Crippen LogP contribution in [0, 0.1) is 43.8 Å². The molecule has 1 unspecified atom stereocenters. The van der Waals surface area contributed by atoms with E-state index in [0.717, 1.165) is 41.5 Å². The molecule has 0 aliphatic heterocycles. The quantitative estimate of drug-likeness (QED) is 0.123. The number of allylic oxidation sites excluding steroid dienone is 1. The Morgan fingerprint density at radius 1 is 0.571 bits per heavy atom. The second kappa shape index (κ2) is 10.6. The highest BCUT2D eigenvalue weighted by molar-refractivity contribution is 5.78. The highest BCUT2D eigenvalue weighted by Gasteiger charge is 2.73. The molecular weight excluding hydrogens is 568 g/mol. The standard InChI is InChI=1S/C32H54F8O2/c1-19(30(34,35)27(13,14)29(17,18)33)22(3,4)23(5,6)20(2)42-21(41)24(7,8)25(9,10)26(11,12)31(36,37)28(15,16)32(38,39)40/h19H,2H2,1,3-18H3. The monoisotopic (exact) mass is 622 g/mol. The van der Waals surface area contributed by atoms with Gasteiger partial charge in [-0.1, -0.05) is 82.7 Å². The van der Waals surface area contributed by atoms with E-state index in [4.69, 9.17) is 4.74 Å². The Labute approximate surface area is 248 Å². The molecule has 0 aromatic rings. The Morgan fingerprint density at radius 3 is 1.24 bits per heavy atom. The SMILES string of the molecule is C=C(OC(=O)C(C)(C)C(C)(C)C(C)(C)C(F)(F)C(C)(C)C(F)(F)F)C(C)(C)C(C)(C)C(C)C(F)(F)C(C)(C)C(C)(C)F. The summed E-state index contributed by atoms with van der Waals surface area (Å²) in [6, 6.07) is 0. The number of halogens is 8. The van der Waals surface area contributed by atoms with Crippen LogP contribution in [0.3, 0.4) is 0 Å². The molecule has 0 aliphatic rings. The molecule has 250 valence electrons. The maximum absolute atomic E-state index is 15.9. The first kappa shape index (κ1) is 40.6. The van der Waals surface area contributed by atoms with Crippen molar-refractivity contribution in [3.8, 4) is 0 Å². The molecule has 1 atom stereocenters. The Kier molecular flexibility index (Phi) is 10.3. The summed E-state index contributed by atoms with van der Waals surface area (Å²) in [6.45, 7) is 23.6. The first-order valence-corrected chi connectivity index (χ1v) is 14.1. The summed E-state index contributed by atoms with van der Waals surface area (Å²) in [5, 5.41) is 0. The number of carbonyl (C=O) groups excluding carboxylic acids is 1. The van der Waals surface area contributed by atoms with Gasteiger partial charge in [-0.25, -0.2) is 22.0 Å². The maximum atomic E-state index is 15.9. The minimum absolute atomic E-state index is 0.235. The van der Waals surface area contributed by atoms with E-state index < -0.39 is 73.5 Å². The van der Waals surface area contributed by atoms with Crippen molar-refractivity contribution in [2.75, 3.05) is 0 Å². The van der Waals surface area contributed by atoms with Crippen molar-refractivity contribution in [1.29, 1.82) is 0 Å². The zero-order valence-corrected chi connectivity index (χ0v) is 28.6. The minimum Gasteiger partial charge on any atom is -0.431 e. The summed E-state index contributed by atoms with van der Waals surface area (Å²) in [4.78, 5) is 13.6. The number of hydrogen-bond donors (Lipinski definition) is 0. The summed E-state index contributed by atoms with van der Waals surface area (Å²) in [5.74, 6) is -10.6. The van der Waals surface area contributed by atoms with Crippen LogP contribution in [0.4, 0.5) is 35.1 Å². The Balaban J connectivity index is 6.59. The molecule has 0 saturated heterocycles. The Hall–Kier alpha value is -1.35. The third kappa shape index (κ3) is 5.63. The predicted octanol–water partition coefficient (Wildman–Crippen LogP) is 11.4. The predicted molar refractivity (Wildman–Crippen MR) is 152 cm³/mol. The molecule has 0 aliphatic carbocycles. The van der Waals surface area contributed by atoms with Crippen molar-refractivity contribution in [3.63, 3.8) is 0 Å². The third-order valence-corrected chi connectivity index (χ3v) is 12.4. The topological polar surface area (TPSA) is 26.3 Å². The molecule has 10 heteroatoms. The molecule has 42 heavy (non-hydrogen) atoms. The fourth-order valence-corrected chi connectivity index (χ4v) is 5.05. The first-order valence-electron chi connectivity index (χ1n) is 14.1. The van der Waals surface area contributed by atoms with Gasteiger partial charge in [-0.05, 0) is 52.4 Å². The van der Waals surface area contributed by atoms with Gasteiger partial charge in [0.05, 0.1) is 10.8 Å². The second-order valence-electron chi connectivity index (χ2n) is 16.2. The van der Waals surface area contributed by atoms with Gasteiger partial charge in [0.2, 0.25) is 0 Å². The lowest BCUT2D eigenvalue weighted by Gasteiger charge is -2.57. The van der Waals surface area contributed by atoms with E-state index >= 15 is 17.6 Å². The van der Waals surface area contributed by atoms with Crippen LogP contribution in [-0.2, 0) is 9.53 Å². The van der Waals surface area contributed by atoms with Crippen LogP contribution >= 0.6 is 0 Å². The lowest BCUT2D eigenvalue weighted by molar-refractivity contribution is -0.332. The molecular formula is C32H54F8O2. The van der Waals surface area contributed by atoms with Crippen LogP contribution in [0.2, 0.25) is 0 Å². The molecule has 0 amide bonds. The normalized spacial score (nSPS) is 16.8. The van der Waals surface area contributed by atoms with E-state index in [-0.39, 0.29) is 5.76 Å². The lowest BCUT2D eigenvalue weighted by atomic mass is 9.50. The van der Waals surface area contributed by atoms with Gasteiger partial charge in [0.1, 0.15) is 16.8 Å². The van der Waals surface area contributed by atoms with Crippen LogP contribution in [-0.4, -0.2) is 29.7 Å². The molecule has 0 fully saturated rings. The largest absolute Gasteiger partial charge is 0.431 e. The number of rotatable bonds is 12. The maximum Gasteiger partial charge on any atom is 0.399 e. The van der Waals surface area contributed by atoms with Crippen molar-refractivity contribution in [1.82, 2.24) is 0 Å². The van der Waals surface area contributed by atoms with Crippen LogP contribution in [0.15, 0.2) is 12.3 Å². The fourth-order valence-electron chi connectivity index (χ4n) is 5.05. The lowest BCUT2D eigenvalue weighted by Crippen LogP contribution is -2.63. The number of ether oxygens (including phenoxy) is 1. The van der Waals surface area contributed by atoms with Gasteiger partial charge in [-0.2, -0.15) is 13.2 Å². The number of hydrogen-bond acceptors (Lipinski definition) is 2. The van der Waals surface area contributed by atoms with E-state index in [9.17, 15) is 22.4 Å². The van der Waals surface area contributed by atoms with Crippen molar-refractivity contribution in [2.45, 2.75) is 141 Å². The molecule has 0 aromatic heterocycles. The number of esters is 1. The average molecular weight is 623 g/mol. The minimum atomic E-state index is -5.25. The summed E-state index contributed by atoms with van der Waals surface area (Å²) in [5.41, 5.74) is -16.5. The van der Waals surface area contributed by atoms with Gasteiger partial charge in [0.15, 0.2) is 0 Å². The van der Waals surface area contributed by atoms with Crippen molar-refractivity contribution < 1.29 is 44.7 Å². The van der Waals surface area contributed by atoms with Crippen molar-refractivity contribution in [2.24, 2.45) is 43.8 Å². The second-order valence-corrected chi connectivity index (χ2v) is 16.2. The number of carbonyl (C=O) groups is 1. The Morgan fingerprint density at radius 2 is 0.929 bits per heavy atom. The summed E-state index contributed by atoms with van der Waals surface area (Å²) in [7, 11) is 0. The highest BCUT2D eigenvalue weighted by Crippen LogP contribution is 2.66. The highest BCUT2D eigenvalue weighted by atomic mass is 19.4. The summed E-state index contributed by atoms with van der Waals surface area (Å²) >= 11 is 0. The molecule has 0 radical (unpaired) electrons. The van der Waals surface area contributed by atoms with E-state index in [2.05, 4.69) is 6.58 Å². The molecule has 0 heterocycles. The molecule has 0 saturated carbocycles. The molecule has 0 N–H and O–H groups in total. The summed E-state index contributed by atoms with van der Waals surface area (Å²) < 4.78 is 125. The molecule has 0 aromatic carbocycles. The molecule has 2 nitrogen and oxygen atoms in total. The third-order valence-electron chi connectivity index (χ3n) is 12.4. The van der Waals surface area contributed by atoms with Gasteiger partial charge >= 0.3 is 12.1 Å². The van der Waals surface area contributed by atoms with E-state index in [0.29, 0.717) is 13.8 Å². The fraction of sp³-hybridized carbons (Fsp3) is 0.906. The Bertz CT molecular complexity index is 1020. The zero-order valence-electron chi connectivity index (χ0n) is 28.6. The average Bonchev–Trinajstić information content (AvgIpc) is 2.75. The summed E-state index contributed by atoms with van der Waals surface area (Å²) in [6.07, 6.45) is -5.25. The van der Waals surface area contributed by atoms with Gasteiger partial charge < -0.3 is 4.74 Å². The van der Waals surface area contributed by atoms with Gasteiger partial charge in [-0.15, -0.1) is 0 Å². The molecule has 0 rings (SSSR count). The van der Waals surface area contributed by atoms with Crippen LogP contribution < -0.4 is 0 Å². The smallest absolute Gasteiger partial charge is 0.399 e. The van der Waals surface area contributed by atoms with E-state index in [1.807, 2.05) is 0 Å². The van der Waals surface area contributed by atoms with Crippen molar-refractivity contribution >= 4 is 5.97 Å². The van der Waals surface area contributed by atoms with Gasteiger partial charge in [-0.3, -0.25) is 4.79 Å². The van der Waals surface area contributed by atoms with Crippen LogP contribution in [0.25, 0.3) is 0 Å². The van der Waals surface area contributed by atoms with Crippen LogP contribution in [0.5, 0.6) is 0 Å². The number of alkyl halides is 8.